The summed E-state index contributed by atoms with van der Waals surface area (Å²) in [6, 6.07) is 1.85. The van der Waals surface area contributed by atoms with Gasteiger partial charge in [0.15, 0.2) is 5.78 Å². The molecule has 1 atom stereocenters. The van der Waals surface area contributed by atoms with Crippen molar-refractivity contribution in [3.05, 3.63) is 29.4 Å². The van der Waals surface area contributed by atoms with Crippen molar-refractivity contribution >= 4 is 17.1 Å². The summed E-state index contributed by atoms with van der Waals surface area (Å²) in [5, 5.41) is 10.8. The Hall–Kier alpha value is -1.49. The molecule has 2 aromatic rings. The SMILES string of the molecule is CCC(C)C(=O)c1ccsc1-n1nccn1. The topological polar surface area (TPSA) is 47.8 Å². The predicted octanol–water partition coefficient (Wildman–Crippen LogP) is 2.56. The van der Waals surface area contributed by atoms with Gasteiger partial charge in [-0.3, -0.25) is 4.79 Å². The zero-order valence-corrected chi connectivity index (χ0v) is 10.1. The number of nitrogens with zero attached hydrogens (tertiary/aromatic N) is 3. The zero-order chi connectivity index (χ0) is 11.5. The Morgan fingerprint density at radius 2 is 2.19 bits per heavy atom. The average molecular weight is 235 g/mol. The first-order valence-electron chi connectivity index (χ1n) is 5.22. The van der Waals surface area contributed by atoms with Crippen LogP contribution in [0.3, 0.4) is 0 Å². The molecule has 0 bridgehead atoms. The van der Waals surface area contributed by atoms with E-state index in [0.29, 0.717) is 0 Å². The van der Waals surface area contributed by atoms with Gasteiger partial charge in [0.1, 0.15) is 5.00 Å². The van der Waals surface area contributed by atoms with Gasteiger partial charge in [-0.2, -0.15) is 10.2 Å². The van der Waals surface area contributed by atoms with Gasteiger partial charge < -0.3 is 0 Å². The molecule has 0 aromatic carbocycles. The highest BCUT2D eigenvalue weighted by atomic mass is 32.1. The van der Waals surface area contributed by atoms with E-state index in [1.165, 1.54) is 16.1 Å². The summed E-state index contributed by atoms with van der Waals surface area (Å²) in [5.74, 6) is 0.208. The first-order valence-corrected chi connectivity index (χ1v) is 6.10. The molecule has 0 N–H and O–H groups in total. The second kappa shape index (κ2) is 4.57. The van der Waals surface area contributed by atoms with Crippen molar-refractivity contribution in [3.63, 3.8) is 0 Å². The summed E-state index contributed by atoms with van der Waals surface area (Å²) in [4.78, 5) is 13.6. The summed E-state index contributed by atoms with van der Waals surface area (Å²) in [5.41, 5.74) is 0.718. The van der Waals surface area contributed by atoms with Crippen LogP contribution in [-0.4, -0.2) is 20.8 Å². The van der Waals surface area contributed by atoms with Gasteiger partial charge in [-0.1, -0.05) is 13.8 Å². The van der Waals surface area contributed by atoms with Gasteiger partial charge in [0.05, 0.1) is 18.0 Å². The quantitative estimate of drug-likeness (QED) is 0.765. The third-order valence-corrected chi connectivity index (χ3v) is 3.45. The van der Waals surface area contributed by atoms with Gasteiger partial charge in [-0.15, -0.1) is 16.1 Å². The molecule has 0 aliphatic carbocycles. The molecule has 0 aliphatic heterocycles. The maximum absolute atomic E-state index is 12.1. The number of hydrogen-bond donors (Lipinski definition) is 0. The van der Waals surface area contributed by atoms with Crippen LogP contribution < -0.4 is 0 Å². The third-order valence-electron chi connectivity index (χ3n) is 2.57. The summed E-state index contributed by atoms with van der Waals surface area (Å²) < 4.78 is 0. The summed E-state index contributed by atoms with van der Waals surface area (Å²) in [6.07, 6.45) is 4.06. The number of carbonyl (C=O) groups is 1. The van der Waals surface area contributed by atoms with Gasteiger partial charge >= 0.3 is 0 Å². The van der Waals surface area contributed by atoms with Crippen molar-refractivity contribution in [3.8, 4) is 5.00 Å². The Balaban J connectivity index is 2.37. The van der Waals surface area contributed by atoms with Crippen molar-refractivity contribution in [1.29, 1.82) is 0 Å². The largest absolute Gasteiger partial charge is 0.294 e. The fraction of sp³-hybridized carbons (Fsp3) is 0.364. The van der Waals surface area contributed by atoms with Crippen molar-refractivity contribution in [2.45, 2.75) is 20.3 Å². The van der Waals surface area contributed by atoms with Crippen molar-refractivity contribution < 1.29 is 4.79 Å². The minimum atomic E-state index is 0.0453. The molecule has 2 aromatic heterocycles. The summed E-state index contributed by atoms with van der Waals surface area (Å²) in [6.45, 7) is 3.96. The lowest BCUT2D eigenvalue weighted by molar-refractivity contribution is 0.0927. The van der Waals surface area contributed by atoms with E-state index < -0.39 is 0 Å². The normalized spacial score (nSPS) is 12.6. The number of hydrogen-bond acceptors (Lipinski definition) is 4. The van der Waals surface area contributed by atoms with Gasteiger partial charge in [-0.25, -0.2) is 0 Å². The Morgan fingerprint density at radius 1 is 1.50 bits per heavy atom. The Bertz CT molecular complexity index is 475. The molecule has 5 heteroatoms. The Morgan fingerprint density at radius 3 is 2.81 bits per heavy atom. The molecule has 0 aliphatic rings. The zero-order valence-electron chi connectivity index (χ0n) is 9.25. The fourth-order valence-corrected chi connectivity index (χ4v) is 2.23. The van der Waals surface area contributed by atoms with Crippen LogP contribution in [0.2, 0.25) is 0 Å². The number of rotatable bonds is 4. The van der Waals surface area contributed by atoms with E-state index >= 15 is 0 Å². The van der Waals surface area contributed by atoms with Gasteiger partial charge in [0.25, 0.3) is 0 Å². The standard InChI is InChI=1S/C11H13N3OS/c1-3-8(2)10(15)9-4-7-16-11(9)14-12-5-6-13-14/h4-8H,3H2,1-2H3. The molecule has 16 heavy (non-hydrogen) atoms. The van der Waals surface area contributed by atoms with Crippen LogP contribution in [0.4, 0.5) is 0 Å². The van der Waals surface area contributed by atoms with Crippen LogP contribution in [0.1, 0.15) is 30.6 Å². The molecule has 0 amide bonds. The van der Waals surface area contributed by atoms with E-state index in [-0.39, 0.29) is 11.7 Å². The molecule has 0 fully saturated rings. The summed E-state index contributed by atoms with van der Waals surface area (Å²) >= 11 is 1.48. The molecule has 0 spiro atoms. The molecule has 0 saturated heterocycles. The monoisotopic (exact) mass is 235 g/mol. The number of Topliss-reactive ketones (excluding diaryl/α,β-unsaturated/α-hetero) is 1. The molecule has 84 valence electrons. The van der Waals surface area contributed by atoms with E-state index in [4.69, 9.17) is 0 Å². The number of aromatic nitrogens is 3. The molecule has 2 rings (SSSR count). The molecule has 4 nitrogen and oxygen atoms in total. The lowest BCUT2D eigenvalue weighted by Gasteiger charge is -2.07. The fourth-order valence-electron chi connectivity index (χ4n) is 1.42. The molecular weight excluding hydrogens is 222 g/mol. The van der Waals surface area contributed by atoms with Gasteiger partial charge in [0, 0.05) is 5.92 Å². The molecule has 0 saturated carbocycles. The van der Waals surface area contributed by atoms with E-state index in [0.717, 1.165) is 17.0 Å². The minimum absolute atomic E-state index is 0.0453. The smallest absolute Gasteiger partial charge is 0.168 e. The Labute approximate surface area is 97.9 Å². The van der Waals surface area contributed by atoms with E-state index in [1.54, 1.807) is 12.4 Å². The first-order chi connectivity index (χ1) is 7.74. The van der Waals surface area contributed by atoms with Gasteiger partial charge in [-0.05, 0) is 17.9 Å². The molecule has 1 unspecified atom stereocenters. The highest BCUT2D eigenvalue weighted by molar-refractivity contribution is 7.13. The van der Waals surface area contributed by atoms with Crippen LogP contribution in [-0.2, 0) is 0 Å². The van der Waals surface area contributed by atoms with E-state index in [9.17, 15) is 4.79 Å². The third kappa shape index (κ3) is 1.90. The average Bonchev–Trinajstić information content (AvgIpc) is 2.95. The van der Waals surface area contributed by atoms with Crippen molar-refractivity contribution in [2.75, 3.05) is 0 Å². The Kier molecular flexibility index (Phi) is 3.14. The molecule has 2 heterocycles. The van der Waals surface area contributed by atoms with Crippen LogP contribution in [0.15, 0.2) is 23.8 Å². The van der Waals surface area contributed by atoms with Crippen LogP contribution in [0.5, 0.6) is 0 Å². The van der Waals surface area contributed by atoms with E-state index in [1.807, 2.05) is 25.3 Å². The number of ketones is 1. The van der Waals surface area contributed by atoms with Crippen molar-refractivity contribution in [1.82, 2.24) is 15.0 Å². The maximum Gasteiger partial charge on any atom is 0.168 e. The molecule has 0 radical (unpaired) electrons. The van der Waals surface area contributed by atoms with E-state index in [2.05, 4.69) is 10.2 Å². The summed E-state index contributed by atoms with van der Waals surface area (Å²) in [7, 11) is 0. The van der Waals surface area contributed by atoms with Crippen molar-refractivity contribution in [2.24, 2.45) is 5.92 Å². The lowest BCUT2D eigenvalue weighted by Crippen LogP contribution is -2.12. The highest BCUT2D eigenvalue weighted by Gasteiger charge is 2.19. The lowest BCUT2D eigenvalue weighted by atomic mass is 9.99. The van der Waals surface area contributed by atoms with Crippen LogP contribution in [0.25, 0.3) is 5.00 Å². The number of thiophene rings is 1. The molecular formula is C11H13N3OS. The highest BCUT2D eigenvalue weighted by Crippen LogP contribution is 2.23. The first kappa shape index (κ1) is 11.0. The minimum Gasteiger partial charge on any atom is -0.294 e. The van der Waals surface area contributed by atoms with Crippen LogP contribution in [0, 0.1) is 5.92 Å². The maximum atomic E-state index is 12.1. The van der Waals surface area contributed by atoms with Crippen LogP contribution >= 0.6 is 11.3 Å². The predicted molar refractivity (Wildman–Crippen MR) is 63.0 cm³/mol. The number of carbonyl (C=O) groups excluding carboxylic acids is 1. The second-order valence-electron chi connectivity index (χ2n) is 3.63. The van der Waals surface area contributed by atoms with Gasteiger partial charge in [0.2, 0.25) is 0 Å². The second-order valence-corrected chi connectivity index (χ2v) is 4.53.